The van der Waals surface area contributed by atoms with Crippen LogP contribution in [0.2, 0.25) is 0 Å². The van der Waals surface area contributed by atoms with Crippen LogP contribution in [0.15, 0.2) is 30.7 Å². The van der Waals surface area contributed by atoms with Crippen LogP contribution < -0.4 is 4.90 Å². The van der Waals surface area contributed by atoms with Crippen molar-refractivity contribution >= 4 is 5.82 Å². The number of anilines is 1. The second-order valence-electron chi connectivity index (χ2n) is 8.09. The molecular formula is C21H30N6. The van der Waals surface area contributed by atoms with Crippen LogP contribution in [0.5, 0.6) is 0 Å². The van der Waals surface area contributed by atoms with Crippen molar-refractivity contribution < 1.29 is 0 Å². The summed E-state index contributed by atoms with van der Waals surface area (Å²) in [6.07, 6.45) is 8.36. The highest BCUT2D eigenvalue weighted by atomic mass is 15.3. The molecule has 0 bridgehead atoms. The van der Waals surface area contributed by atoms with Gasteiger partial charge in [0.2, 0.25) is 0 Å². The van der Waals surface area contributed by atoms with Gasteiger partial charge in [0, 0.05) is 37.9 Å². The smallest absolute Gasteiger partial charge is 0.132 e. The second kappa shape index (κ2) is 7.90. The Bertz CT molecular complexity index is 777. The predicted molar refractivity (Wildman–Crippen MR) is 108 cm³/mol. The first-order chi connectivity index (χ1) is 13.1. The molecule has 1 aliphatic carbocycles. The van der Waals surface area contributed by atoms with Crippen molar-refractivity contribution in [2.45, 2.75) is 44.3 Å². The molecular weight excluding hydrogens is 336 g/mol. The molecule has 0 saturated carbocycles. The summed E-state index contributed by atoms with van der Waals surface area (Å²) in [6.45, 7) is 2.93. The summed E-state index contributed by atoms with van der Waals surface area (Å²) in [5.74, 6) is 1.06. The van der Waals surface area contributed by atoms with Crippen LogP contribution in [0.4, 0.5) is 5.82 Å². The van der Waals surface area contributed by atoms with Crippen molar-refractivity contribution in [1.29, 1.82) is 0 Å². The molecule has 2 unspecified atom stereocenters. The Labute approximate surface area is 162 Å². The molecule has 2 aromatic heterocycles. The van der Waals surface area contributed by atoms with E-state index in [1.54, 1.807) is 6.33 Å². The van der Waals surface area contributed by atoms with Gasteiger partial charge in [-0.1, -0.05) is 6.07 Å². The van der Waals surface area contributed by atoms with Crippen molar-refractivity contribution in [3.63, 3.8) is 0 Å². The maximum absolute atomic E-state index is 4.68. The second-order valence-corrected chi connectivity index (χ2v) is 8.09. The molecule has 0 radical (unpaired) electrons. The Morgan fingerprint density at radius 2 is 2.04 bits per heavy atom. The molecule has 0 amide bonds. The van der Waals surface area contributed by atoms with Gasteiger partial charge < -0.3 is 9.80 Å². The fourth-order valence-corrected chi connectivity index (χ4v) is 4.40. The number of hydrogen-bond donors (Lipinski definition) is 0. The molecule has 1 saturated heterocycles. The molecule has 3 heterocycles. The average Bonchev–Trinajstić information content (AvgIpc) is 3.18. The first-order valence-corrected chi connectivity index (χ1v) is 9.98. The Hall–Kier alpha value is -2.05. The molecule has 2 atom stereocenters. The van der Waals surface area contributed by atoms with Crippen LogP contribution in [0.1, 0.15) is 42.3 Å². The molecule has 2 aromatic rings. The van der Waals surface area contributed by atoms with Gasteiger partial charge in [0.15, 0.2) is 0 Å². The minimum Gasteiger partial charge on any atom is -0.355 e. The van der Waals surface area contributed by atoms with Crippen molar-refractivity contribution in [2.75, 3.05) is 39.1 Å². The maximum atomic E-state index is 4.68. The van der Waals surface area contributed by atoms with E-state index in [0.29, 0.717) is 12.1 Å². The van der Waals surface area contributed by atoms with Gasteiger partial charge in [0.25, 0.3) is 0 Å². The Balaban J connectivity index is 1.46. The van der Waals surface area contributed by atoms with Gasteiger partial charge >= 0.3 is 0 Å². The highest BCUT2D eigenvalue weighted by molar-refractivity contribution is 5.40. The van der Waals surface area contributed by atoms with Gasteiger partial charge in [-0.3, -0.25) is 9.88 Å². The number of fused-ring (bicyclic) bond motifs is 1. The zero-order valence-corrected chi connectivity index (χ0v) is 16.7. The van der Waals surface area contributed by atoms with E-state index in [0.717, 1.165) is 44.0 Å². The highest BCUT2D eigenvalue weighted by Crippen LogP contribution is 2.32. The molecule has 0 aromatic carbocycles. The highest BCUT2D eigenvalue weighted by Gasteiger charge is 2.27. The summed E-state index contributed by atoms with van der Waals surface area (Å²) >= 11 is 0. The van der Waals surface area contributed by atoms with E-state index in [2.05, 4.69) is 69.0 Å². The van der Waals surface area contributed by atoms with E-state index in [1.807, 2.05) is 6.20 Å². The lowest BCUT2D eigenvalue weighted by atomic mass is 9.91. The summed E-state index contributed by atoms with van der Waals surface area (Å²) < 4.78 is 0. The average molecular weight is 367 g/mol. The topological polar surface area (TPSA) is 48.4 Å². The van der Waals surface area contributed by atoms with E-state index >= 15 is 0 Å². The Morgan fingerprint density at radius 3 is 2.85 bits per heavy atom. The first kappa shape index (κ1) is 18.3. The molecule has 0 N–H and O–H groups in total. The van der Waals surface area contributed by atoms with Crippen LogP contribution in [0.3, 0.4) is 0 Å². The number of nitrogens with zero attached hydrogens (tertiary/aromatic N) is 6. The van der Waals surface area contributed by atoms with E-state index < -0.39 is 0 Å². The molecule has 4 rings (SSSR count). The molecule has 2 aliphatic rings. The van der Waals surface area contributed by atoms with Crippen LogP contribution >= 0.6 is 0 Å². The van der Waals surface area contributed by atoms with Crippen molar-refractivity contribution in [3.8, 4) is 0 Å². The summed E-state index contributed by atoms with van der Waals surface area (Å²) in [7, 11) is 6.50. The number of pyridine rings is 1. The van der Waals surface area contributed by atoms with Gasteiger partial charge in [0.1, 0.15) is 12.1 Å². The van der Waals surface area contributed by atoms with Gasteiger partial charge in [-0.25, -0.2) is 9.97 Å². The third-order valence-corrected chi connectivity index (χ3v) is 6.04. The number of aromatic nitrogens is 3. The van der Waals surface area contributed by atoms with E-state index in [1.165, 1.54) is 24.1 Å². The molecule has 6 nitrogen and oxygen atoms in total. The van der Waals surface area contributed by atoms with Crippen molar-refractivity contribution in [2.24, 2.45) is 0 Å². The molecule has 1 fully saturated rings. The lowest BCUT2D eigenvalue weighted by Gasteiger charge is -2.32. The summed E-state index contributed by atoms with van der Waals surface area (Å²) in [5.41, 5.74) is 3.73. The number of aryl methyl sites for hydroxylation is 1. The normalized spacial score (nSPS) is 22.5. The lowest BCUT2D eigenvalue weighted by Crippen LogP contribution is -2.32. The number of hydrogen-bond acceptors (Lipinski definition) is 6. The van der Waals surface area contributed by atoms with Crippen molar-refractivity contribution in [1.82, 2.24) is 24.8 Å². The third kappa shape index (κ3) is 3.96. The number of likely N-dealkylation sites (N-methyl/N-ethyl adjacent to an activating group) is 1. The third-order valence-electron chi connectivity index (χ3n) is 6.04. The van der Waals surface area contributed by atoms with Crippen LogP contribution in [-0.2, 0) is 13.0 Å². The van der Waals surface area contributed by atoms with E-state index in [4.69, 9.17) is 0 Å². The van der Waals surface area contributed by atoms with E-state index in [9.17, 15) is 0 Å². The summed E-state index contributed by atoms with van der Waals surface area (Å²) in [5, 5.41) is 0. The van der Waals surface area contributed by atoms with Gasteiger partial charge in [0.05, 0.1) is 17.4 Å². The van der Waals surface area contributed by atoms with Crippen LogP contribution in [0, 0.1) is 0 Å². The summed E-state index contributed by atoms with van der Waals surface area (Å²) in [4.78, 5) is 20.8. The van der Waals surface area contributed by atoms with Gasteiger partial charge in [-0.05, 0) is 58.5 Å². The minimum atomic E-state index is 0.373. The van der Waals surface area contributed by atoms with Crippen LogP contribution in [0.25, 0.3) is 0 Å². The molecule has 0 spiro atoms. The van der Waals surface area contributed by atoms with E-state index in [-0.39, 0.29) is 0 Å². The van der Waals surface area contributed by atoms with Crippen LogP contribution in [-0.4, -0.2) is 65.0 Å². The SMILES string of the molecule is CN(C)C1CCN(c2cc(CN(C)C3CCCc4cccnc43)ncn2)C1. The van der Waals surface area contributed by atoms with Gasteiger partial charge in [-0.2, -0.15) is 0 Å². The molecule has 27 heavy (non-hydrogen) atoms. The lowest BCUT2D eigenvalue weighted by molar-refractivity contribution is 0.206. The zero-order chi connectivity index (χ0) is 18.8. The monoisotopic (exact) mass is 366 g/mol. The largest absolute Gasteiger partial charge is 0.355 e. The maximum Gasteiger partial charge on any atom is 0.132 e. The fraction of sp³-hybridized carbons (Fsp3) is 0.571. The summed E-state index contributed by atoms with van der Waals surface area (Å²) in [6, 6.07) is 7.42. The van der Waals surface area contributed by atoms with Crippen molar-refractivity contribution in [3.05, 3.63) is 47.7 Å². The quantitative estimate of drug-likeness (QED) is 0.810. The minimum absolute atomic E-state index is 0.373. The Kier molecular flexibility index (Phi) is 5.36. The molecule has 6 heteroatoms. The fourth-order valence-electron chi connectivity index (χ4n) is 4.40. The zero-order valence-electron chi connectivity index (χ0n) is 16.7. The number of rotatable bonds is 5. The standard InChI is InChI=1S/C21H30N6/c1-25(2)18-9-11-27(14-18)20-12-17(23-15-24-20)13-26(3)19-8-4-6-16-7-5-10-22-21(16)19/h5,7,10,12,15,18-19H,4,6,8-9,11,13-14H2,1-3H3. The first-order valence-electron chi connectivity index (χ1n) is 9.98. The van der Waals surface area contributed by atoms with Gasteiger partial charge in [-0.15, -0.1) is 0 Å². The predicted octanol–water partition coefficient (Wildman–Crippen LogP) is 2.52. The molecule has 144 valence electrons. The Morgan fingerprint density at radius 1 is 1.15 bits per heavy atom. The molecule has 1 aliphatic heterocycles.